The van der Waals surface area contributed by atoms with Crippen molar-refractivity contribution < 1.29 is 14.3 Å². The van der Waals surface area contributed by atoms with E-state index >= 15 is 0 Å². The Labute approximate surface area is 198 Å². The van der Waals surface area contributed by atoms with Crippen molar-refractivity contribution in [2.75, 3.05) is 26.5 Å². The largest absolute Gasteiger partial charge is 0.495 e. The molecule has 0 spiro atoms. The molecule has 34 heavy (non-hydrogen) atoms. The van der Waals surface area contributed by atoms with E-state index in [0.29, 0.717) is 28.3 Å². The highest BCUT2D eigenvalue weighted by atomic mass is 16.5. The molecule has 1 heterocycles. The van der Waals surface area contributed by atoms with Crippen LogP contribution in [-0.2, 0) is 0 Å². The molecule has 0 aliphatic rings. The molecule has 0 fully saturated rings. The smallest absolute Gasteiger partial charge is 0.259 e. The number of hydrogen-bond donors (Lipinski definition) is 1. The number of carbonyl (C=O) groups is 2. The molecule has 0 saturated heterocycles. The number of benzene rings is 3. The number of anilines is 1. The predicted octanol–water partition coefficient (Wildman–Crippen LogP) is 4.81. The Hall–Kier alpha value is -4.39. The predicted molar refractivity (Wildman–Crippen MR) is 133 cm³/mol. The van der Waals surface area contributed by atoms with Crippen molar-refractivity contribution in [3.05, 3.63) is 95.7 Å². The number of rotatable bonds is 6. The highest BCUT2D eigenvalue weighted by Gasteiger charge is 2.21. The van der Waals surface area contributed by atoms with Crippen LogP contribution in [0.2, 0.25) is 0 Å². The molecule has 2 amide bonds. The minimum Gasteiger partial charge on any atom is -0.495 e. The fraction of sp³-hybridized carbons (Fsp3) is 0.148. The van der Waals surface area contributed by atoms with E-state index < -0.39 is 0 Å². The third kappa shape index (κ3) is 4.68. The Morgan fingerprint density at radius 3 is 2.32 bits per heavy atom. The molecule has 0 radical (unpaired) electrons. The van der Waals surface area contributed by atoms with Gasteiger partial charge in [0.1, 0.15) is 11.4 Å². The van der Waals surface area contributed by atoms with E-state index in [1.165, 1.54) is 12.0 Å². The van der Waals surface area contributed by atoms with E-state index in [0.717, 1.165) is 16.8 Å². The molecule has 0 aliphatic heterocycles. The maximum absolute atomic E-state index is 13.5. The quantitative estimate of drug-likeness (QED) is 0.454. The van der Waals surface area contributed by atoms with E-state index in [1.54, 1.807) is 43.2 Å². The molecule has 3 aromatic carbocycles. The Morgan fingerprint density at radius 2 is 1.68 bits per heavy atom. The molecule has 4 rings (SSSR count). The van der Waals surface area contributed by atoms with Crippen LogP contribution in [0.3, 0.4) is 0 Å². The second kappa shape index (κ2) is 9.62. The van der Waals surface area contributed by atoms with Gasteiger partial charge in [-0.05, 0) is 37.3 Å². The number of amides is 2. The van der Waals surface area contributed by atoms with Gasteiger partial charge in [0, 0.05) is 31.4 Å². The number of nitrogens with one attached hydrogen (secondary N) is 1. The van der Waals surface area contributed by atoms with Gasteiger partial charge in [0.25, 0.3) is 11.8 Å². The van der Waals surface area contributed by atoms with Gasteiger partial charge >= 0.3 is 0 Å². The fourth-order valence-corrected chi connectivity index (χ4v) is 3.57. The maximum Gasteiger partial charge on any atom is 0.259 e. The van der Waals surface area contributed by atoms with Crippen LogP contribution < -0.4 is 10.1 Å². The van der Waals surface area contributed by atoms with Gasteiger partial charge in [0.2, 0.25) is 0 Å². The highest BCUT2D eigenvalue weighted by molar-refractivity contribution is 6.09. The number of nitrogens with zero attached hydrogens (tertiary/aromatic N) is 3. The summed E-state index contributed by atoms with van der Waals surface area (Å²) in [7, 11) is 4.87. The minimum atomic E-state index is -0.357. The molecule has 1 aromatic heterocycles. The second-order valence-electron chi connectivity index (χ2n) is 8.11. The molecular weight excluding hydrogens is 428 g/mol. The minimum absolute atomic E-state index is 0.171. The first-order valence-electron chi connectivity index (χ1n) is 10.8. The van der Waals surface area contributed by atoms with Crippen molar-refractivity contribution in [2.45, 2.75) is 6.92 Å². The number of ether oxygens (including phenoxy) is 1. The zero-order chi connectivity index (χ0) is 24.2. The number of carbonyl (C=O) groups excluding carboxylic acids is 2. The number of hydrogen-bond acceptors (Lipinski definition) is 4. The van der Waals surface area contributed by atoms with E-state index in [-0.39, 0.29) is 11.8 Å². The summed E-state index contributed by atoms with van der Waals surface area (Å²) >= 11 is 0. The van der Waals surface area contributed by atoms with Crippen molar-refractivity contribution in [3.63, 3.8) is 0 Å². The summed E-state index contributed by atoms with van der Waals surface area (Å²) in [4.78, 5) is 27.4. The third-order valence-electron chi connectivity index (χ3n) is 5.41. The van der Waals surface area contributed by atoms with Crippen LogP contribution in [0.15, 0.2) is 79.0 Å². The summed E-state index contributed by atoms with van der Waals surface area (Å²) in [5, 5.41) is 7.63. The van der Waals surface area contributed by atoms with Crippen LogP contribution >= 0.6 is 0 Å². The average molecular weight is 455 g/mol. The van der Waals surface area contributed by atoms with Crippen molar-refractivity contribution in [2.24, 2.45) is 0 Å². The van der Waals surface area contributed by atoms with Crippen LogP contribution in [0.4, 0.5) is 5.69 Å². The molecule has 0 atom stereocenters. The Kier molecular flexibility index (Phi) is 6.45. The van der Waals surface area contributed by atoms with Crippen LogP contribution in [0, 0.1) is 6.92 Å². The summed E-state index contributed by atoms with van der Waals surface area (Å²) < 4.78 is 7.11. The van der Waals surface area contributed by atoms with Gasteiger partial charge < -0.3 is 15.0 Å². The van der Waals surface area contributed by atoms with Gasteiger partial charge in [-0.3, -0.25) is 9.59 Å². The van der Waals surface area contributed by atoms with Crippen molar-refractivity contribution in [3.8, 4) is 22.7 Å². The van der Waals surface area contributed by atoms with E-state index in [1.807, 2.05) is 61.5 Å². The number of aryl methyl sites for hydroxylation is 1. The summed E-state index contributed by atoms with van der Waals surface area (Å²) in [6.07, 6.45) is 1.71. The molecule has 0 saturated carbocycles. The first-order valence-corrected chi connectivity index (χ1v) is 10.8. The van der Waals surface area contributed by atoms with Crippen molar-refractivity contribution in [1.82, 2.24) is 14.7 Å². The van der Waals surface area contributed by atoms with Crippen LogP contribution in [0.25, 0.3) is 16.9 Å². The Morgan fingerprint density at radius 1 is 0.971 bits per heavy atom. The zero-order valence-corrected chi connectivity index (χ0v) is 19.6. The van der Waals surface area contributed by atoms with E-state index in [4.69, 9.17) is 9.84 Å². The fourth-order valence-electron chi connectivity index (χ4n) is 3.57. The van der Waals surface area contributed by atoms with Gasteiger partial charge in [0.15, 0.2) is 0 Å². The lowest BCUT2D eigenvalue weighted by Gasteiger charge is -2.14. The van der Waals surface area contributed by atoms with Gasteiger partial charge in [-0.15, -0.1) is 0 Å². The lowest BCUT2D eigenvalue weighted by atomic mass is 10.1. The normalized spacial score (nSPS) is 10.6. The van der Waals surface area contributed by atoms with Crippen LogP contribution in [0.5, 0.6) is 5.75 Å². The summed E-state index contributed by atoms with van der Waals surface area (Å²) in [6, 6.07) is 22.4. The van der Waals surface area contributed by atoms with E-state index in [2.05, 4.69) is 5.32 Å². The molecule has 7 heteroatoms. The Bertz CT molecular complexity index is 1330. The summed E-state index contributed by atoms with van der Waals surface area (Å²) in [5.41, 5.74) is 4.61. The van der Waals surface area contributed by atoms with Crippen LogP contribution in [0.1, 0.15) is 26.3 Å². The van der Waals surface area contributed by atoms with Gasteiger partial charge in [-0.2, -0.15) is 5.10 Å². The standard InChI is InChI=1S/C27H26N4O3/c1-18-10-13-21(14-11-18)31-17-22(25(29-31)19-8-6-5-7-9-19)26(32)28-23-16-20(27(33)30(2)3)12-15-24(23)34-4/h5-17H,1-4H3,(H,28,32). The second-order valence-corrected chi connectivity index (χ2v) is 8.11. The molecule has 1 N–H and O–H groups in total. The summed E-state index contributed by atoms with van der Waals surface area (Å²) in [6.45, 7) is 2.02. The summed E-state index contributed by atoms with van der Waals surface area (Å²) in [5.74, 6) is -0.0730. The average Bonchev–Trinajstić information content (AvgIpc) is 3.30. The topological polar surface area (TPSA) is 76.5 Å². The van der Waals surface area contributed by atoms with Crippen LogP contribution in [-0.4, -0.2) is 47.7 Å². The molecule has 4 aromatic rings. The molecule has 172 valence electrons. The monoisotopic (exact) mass is 454 g/mol. The van der Waals surface area contributed by atoms with E-state index in [9.17, 15) is 9.59 Å². The van der Waals surface area contributed by atoms with Gasteiger partial charge in [-0.25, -0.2) is 4.68 Å². The molecule has 0 bridgehead atoms. The first-order chi connectivity index (χ1) is 16.4. The highest BCUT2D eigenvalue weighted by Crippen LogP contribution is 2.29. The zero-order valence-electron chi connectivity index (χ0n) is 19.6. The van der Waals surface area contributed by atoms with Gasteiger partial charge in [-0.1, -0.05) is 48.0 Å². The Balaban J connectivity index is 1.75. The van der Waals surface area contributed by atoms with Crippen molar-refractivity contribution >= 4 is 17.5 Å². The molecular formula is C27H26N4O3. The van der Waals surface area contributed by atoms with Gasteiger partial charge in [0.05, 0.1) is 24.0 Å². The third-order valence-corrected chi connectivity index (χ3v) is 5.41. The van der Waals surface area contributed by atoms with Crippen molar-refractivity contribution in [1.29, 1.82) is 0 Å². The SMILES string of the molecule is COc1ccc(C(=O)N(C)C)cc1NC(=O)c1cn(-c2ccc(C)cc2)nc1-c1ccccc1. The lowest BCUT2D eigenvalue weighted by Crippen LogP contribution is -2.22. The first kappa shape index (κ1) is 22.8. The lowest BCUT2D eigenvalue weighted by molar-refractivity contribution is 0.0827. The number of aromatic nitrogens is 2. The molecule has 0 aliphatic carbocycles. The number of methoxy groups -OCH3 is 1. The maximum atomic E-state index is 13.5. The molecule has 7 nitrogen and oxygen atoms in total. The molecule has 0 unspecified atom stereocenters.